The predicted octanol–water partition coefficient (Wildman–Crippen LogP) is 1.94. The Balaban J connectivity index is 4.29. The number of aliphatic imine (C=N–C) groups is 1. The van der Waals surface area contributed by atoms with E-state index >= 15 is 0 Å². The minimum absolute atomic E-state index is 0.547. The van der Waals surface area contributed by atoms with Crippen molar-refractivity contribution in [3.05, 3.63) is 0 Å². The van der Waals surface area contributed by atoms with Crippen LogP contribution in [0.3, 0.4) is 0 Å². The van der Waals surface area contributed by atoms with Gasteiger partial charge in [-0.05, 0) is 32.4 Å². The Morgan fingerprint density at radius 1 is 1.14 bits per heavy atom. The molecule has 0 aliphatic carbocycles. The lowest BCUT2D eigenvalue weighted by molar-refractivity contribution is 0.152. The first-order valence-corrected chi connectivity index (χ1v) is 8.35. The molecular formula is C16H36N4O. The molecule has 2 N–H and O–H groups in total. The Morgan fingerprint density at radius 3 is 2.29 bits per heavy atom. The second kappa shape index (κ2) is 12.9. The number of nitrogens with one attached hydrogen (secondary N) is 2. The van der Waals surface area contributed by atoms with Crippen molar-refractivity contribution < 1.29 is 4.74 Å². The van der Waals surface area contributed by atoms with E-state index in [4.69, 9.17) is 4.74 Å². The van der Waals surface area contributed by atoms with Crippen LogP contribution in [-0.4, -0.2) is 63.3 Å². The number of ether oxygens (including phenoxy) is 1. The fraction of sp³-hybridized carbons (Fsp3) is 0.938. The average molecular weight is 300 g/mol. The summed E-state index contributed by atoms with van der Waals surface area (Å²) in [5, 5.41) is 6.73. The Hall–Kier alpha value is -0.810. The highest BCUT2D eigenvalue weighted by Gasteiger charge is 2.17. The van der Waals surface area contributed by atoms with Gasteiger partial charge in [0.2, 0.25) is 0 Å². The summed E-state index contributed by atoms with van der Waals surface area (Å²) >= 11 is 0. The third-order valence-electron chi connectivity index (χ3n) is 3.54. The second-order valence-corrected chi connectivity index (χ2v) is 5.58. The molecule has 0 bridgehead atoms. The minimum atomic E-state index is 0.547. The number of hydrogen-bond acceptors (Lipinski definition) is 3. The highest BCUT2D eigenvalue weighted by Crippen LogP contribution is 2.10. The predicted molar refractivity (Wildman–Crippen MR) is 92.0 cm³/mol. The zero-order valence-electron chi connectivity index (χ0n) is 14.9. The van der Waals surface area contributed by atoms with Gasteiger partial charge in [0.1, 0.15) is 0 Å². The summed E-state index contributed by atoms with van der Waals surface area (Å²) in [6, 6.07) is 0.547. The molecule has 21 heavy (non-hydrogen) atoms. The number of likely N-dealkylation sites (N-methyl/N-ethyl adjacent to an activating group) is 1. The van der Waals surface area contributed by atoms with E-state index in [0.29, 0.717) is 18.6 Å². The van der Waals surface area contributed by atoms with Crippen molar-refractivity contribution >= 4 is 5.96 Å². The molecule has 0 aromatic carbocycles. The van der Waals surface area contributed by atoms with Gasteiger partial charge in [0.05, 0.1) is 6.61 Å². The largest absolute Gasteiger partial charge is 0.380 e. The molecule has 0 saturated carbocycles. The Bertz CT molecular complexity index is 265. The molecule has 0 aromatic heterocycles. The molecular weight excluding hydrogens is 264 g/mol. The summed E-state index contributed by atoms with van der Waals surface area (Å²) in [6.07, 6.45) is 1.20. The maximum absolute atomic E-state index is 5.33. The van der Waals surface area contributed by atoms with Crippen LogP contribution in [0.5, 0.6) is 0 Å². The summed E-state index contributed by atoms with van der Waals surface area (Å²) in [6.45, 7) is 16.4. The van der Waals surface area contributed by atoms with Crippen LogP contribution in [0.25, 0.3) is 0 Å². The summed E-state index contributed by atoms with van der Waals surface area (Å²) in [5.41, 5.74) is 0. The van der Waals surface area contributed by atoms with E-state index < -0.39 is 0 Å². The van der Waals surface area contributed by atoms with Crippen LogP contribution in [0, 0.1) is 5.92 Å². The maximum atomic E-state index is 5.33. The molecule has 5 nitrogen and oxygen atoms in total. The van der Waals surface area contributed by atoms with Crippen LogP contribution in [0.2, 0.25) is 0 Å². The van der Waals surface area contributed by atoms with Crippen molar-refractivity contribution in [1.29, 1.82) is 0 Å². The molecule has 0 spiro atoms. The molecule has 0 saturated heterocycles. The normalized spacial score (nSPS) is 13.8. The summed E-state index contributed by atoms with van der Waals surface area (Å²) in [4.78, 5) is 6.78. The summed E-state index contributed by atoms with van der Waals surface area (Å²) in [5.74, 6) is 1.56. The van der Waals surface area contributed by atoms with Gasteiger partial charge in [-0.2, -0.15) is 0 Å². The van der Waals surface area contributed by atoms with Gasteiger partial charge in [0.25, 0.3) is 0 Å². The standard InChI is InChI=1S/C16H36N4O/c1-7-20(8-2)15(12-14(4)5)13-19-16(17-6)18-10-11-21-9-3/h14-15H,7-13H2,1-6H3,(H2,17,18,19). The Labute approximate surface area is 131 Å². The lowest BCUT2D eigenvalue weighted by Gasteiger charge is -2.31. The molecule has 0 radical (unpaired) electrons. The van der Waals surface area contributed by atoms with Gasteiger partial charge in [-0.15, -0.1) is 0 Å². The third-order valence-corrected chi connectivity index (χ3v) is 3.54. The molecule has 0 rings (SSSR count). The van der Waals surface area contributed by atoms with Gasteiger partial charge in [-0.3, -0.25) is 9.89 Å². The molecule has 126 valence electrons. The lowest BCUT2D eigenvalue weighted by Crippen LogP contribution is -2.48. The van der Waals surface area contributed by atoms with E-state index in [9.17, 15) is 0 Å². The molecule has 0 amide bonds. The quantitative estimate of drug-likeness (QED) is 0.348. The van der Waals surface area contributed by atoms with E-state index in [1.807, 2.05) is 14.0 Å². The van der Waals surface area contributed by atoms with Gasteiger partial charge >= 0.3 is 0 Å². The number of hydrogen-bond donors (Lipinski definition) is 2. The smallest absolute Gasteiger partial charge is 0.191 e. The number of guanidine groups is 1. The summed E-state index contributed by atoms with van der Waals surface area (Å²) in [7, 11) is 1.81. The monoisotopic (exact) mass is 300 g/mol. The molecule has 0 heterocycles. The minimum Gasteiger partial charge on any atom is -0.380 e. The van der Waals surface area contributed by atoms with Crippen molar-refractivity contribution in [2.24, 2.45) is 10.9 Å². The van der Waals surface area contributed by atoms with Gasteiger partial charge < -0.3 is 15.4 Å². The van der Waals surface area contributed by atoms with Crippen molar-refractivity contribution in [3.8, 4) is 0 Å². The number of nitrogens with zero attached hydrogens (tertiary/aromatic N) is 2. The first-order valence-electron chi connectivity index (χ1n) is 8.35. The van der Waals surface area contributed by atoms with Gasteiger partial charge in [0, 0.05) is 32.8 Å². The highest BCUT2D eigenvalue weighted by atomic mass is 16.5. The van der Waals surface area contributed by atoms with E-state index in [2.05, 4.69) is 48.2 Å². The highest BCUT2D eigenvalue weighted by molar-refractivity contribution is 5.79. The molecule has 0 aliphatic rings. The molecule has 1 atom stereocenters. The van der Waals surface area contributed by atoms with E-state index in [1.165, 1.54) is 6.42 Å². The average Bonchev–Trinajstić information content (AvgIpc) is 2.46. The van der Waals surface area contributed by atoms with Crippen molar-refractivity contribution in [2.75, 3.05) is 46.4 Å². The molecule has 0 aliphatic heterocycles. The van der Waals surface area contributed by atoms with Crippen LogP contribution in [-0.2, 0) is 4.74 Å². The van der Waals surface area contributed by atoms with Crippen LogP contribution < -0.4 is 10.6 Å². The second-order valence-electron chi connectivity index (χ2n) is 5.58. The van der Waals surface area contributed by atoms with Crippen LogP contribution in [0.4, 0.5) is 0 Å². The zero-order valence-corrected chi connectivity index (χ0v) is 14.9. The molecule has 1 unspecified atom stereocenters. The van der Waals surface area contributed by atoms with Gasteiger partial charge in [0.15, 0.2) is 5.96 Å². The third kappa shape index (κ3) is 9.69. The number of rotatable bonds is 11. The fourth-order valence-electron chi connectivity index (χ4n) is 2.47. The first kappa shape index (κ1) is 20.2. The van der Waals surface area contributed by atoms with Gasteiger partial charge in [-0.1, -0.05) is 27.7 Å². The maximum Gasteiger partial charge on any atom is 0.191 e. The molecule has 5 heteroatoms. The first-order chi connectivity index (χ1) is 10.1. The van der Waals surface area contributed by atoms with Crippen LogP contribution in [0.15, 0.2) is 4.99 Å². The Kier molecular flexibility index (Phi) is 12.4. The molecule has 0 fully saturated rings. The SMILES string of the molecule is CCOCCNC(=NC)NCC(CC(C)C)N(CC)CC. The molecule has 0 aromatic rings. The Morgan fingerprint density at radius 2 is 1.81 bits per heavy atom. The van der Waals surface area contributed by atoms with E-state index in [0.717, 1.165) is 38.7 Å². The van der Waals surface area contributed by atoms with Crippen molar-refractivity contribution in [3.63, 3.8) is 0 Å². The van der Waals surface area contributed by atoms with Crippen LogP contribution in [0.1, 0.15) is 41.0 Å². The van der Waals surface area contributed by atoms with Crippen LogP contribution >= 0.6 is 0 Å². The van der Waals surface area contributed by atoms with Crippen molar-refractivity contribution in [1.82, 2.24) is 15.5 Å². The fourth-order valence-corrected chi connectivity index (χ4v) is 2.47. The zero-order chi connectivity index (χ0) is 16.1. The topological polar surface area (TPSA) is 48.9 Å². The van der Waals surface area contributed by atoms with Gasteiger partial charge in [-0.25, -0.2) is 0 Å². The van der Waals surface area contributed by atoms with E-state index in [-0.39, 0.29) is 0 Å². The van der Waals surface area contributed by atoms with E-state index in [1.54, 1.807) is 0 Å². The van der Waals surface area contributed by atoms with Crippen molar-refractivity contribution in [2.45, 2.75) is 47.1 Å². The summed E-state index contributed by atoms with van der Waals surface area (Å²) < 4.78 is 5.33. The lowest BCUT2D eigenvalue weighted by atomic mass is 10.0.